The molecule has 0 aromatic rings. The average molecular weight is 526 g/mol. The third-order valence-electron chi connectivity index (χ3n) is 11.9. The fourth-order valence-electron chi connectivity index (χ4n) is 9.82. The van der Waals surface area contributed by atoms with Crippen LogP contribution in [0.3, 0.4) is 0 Å². The molecular formula is C29H51NO5S. The summed E-state index contributed by atoms with van der Waals surface area (Å²) in [4.78, 5) is 12.4. The lowest BCUT2D eigenvalue weighted by Gasteiger charge is -2.64. The molecule has 0 aliphatic heterocycles. The summed E-state index contributed by atoms with van der Waals surface area (Å²) in [6.07, 6.45) is 8.74. The van der Waals surface area contributed by atoms with Crippen LogP contribution in [0, 0.1) is 52.3 Å². The van der Waals surface area contributed by atoms with Crippen LogP contribution in [0.25, 0.3) is 0 Å². The van der Waals surface area contributed by atoms with Crippen LogP contribution in [0.1, 0.15) is 106 Å². The minimum absolute atomic E-state index is 0.151. The molecule has 11 atom stereocenters. The molecule has 3 N–H and O–H groups in total. The quantitative estimate of drug-likeness (QED) is 0.439. The highest BCUT2D eigenvalue weighted by Crippen LogP contribution is 2.69. The van der Waals surface area contributed by atoms with Crippen LogP contribution in [0.4, 0.5) is 0 Å². The highest BCUT2D eigenvalue weighted by Gasteiger charge is 2.64. The van der Waals surface area contributed by atoms with Gasteiger partial charge in [-0.3, -0.25) is 9.52 Å². The van der Waals surface area contributed by atoms with Crippen molar-refractivity contribution < 1.29 is 23.4 Å². The van der Waals surface area contributed by atoms with Crippen molar-refractivity contribution in [2.24, 2.45) is 52.3 Å². The van der Waals surface area contributed by atoms with E-state index in [9.17, 15) is 23.4 Å². The number of aliphatic hydroxyl groups excluding tert-OH is 2. The summed E-state index contributed by atoms with van der Waals surface area (Å²) in [6.45, 7) is 12.5. The fourth-order valence-corrected chi connectivity index (χ4v) is 10.5. The lowest BCUT2D eigenvalue weighted by atomic mass is 9.41. The number of aliphatic hydroxyl groups is 2. The van der Waals surface area contributed by atoms with Crippen LogP contribution in [-0.2, 0) is 14.8 Å². The fraction of sp³-hybridized carbons (Fsp3) is 0.966. The van der Waals surface area contributed by atoms with Gasteiger partial charge in [-0.15, -0.1) is 0 Å². The molecule has 0 bridgehead atoms. The summed E-state index contributed by atoms with van der Waals surface area (Å²) in [5, 5.41) is 21.7. The number of sulfonamides is 1. The molecule has 7 heteroatoms. The SMILES string of the molecule is CC[C@H]1[C@@H](O)[C@@H]2[C@H](CC[C@]3(C)[C@@H]([C@H](C)CCC(=O)NS(=O)(=O)C(C)C)CC[C@@H]23)[C@@]2(C)CC[C@@H](O)C[C@@H]12. The molecule has 0 heterocycles. The van der Waals surface area contributed by atoms with E-state index in [1.54, 1.807) is 13.8 Å². The number of nitrogens with one attached hydrogen (secondary N) is 1. The monoisotopic (exact) mass is 525 g/mol. The molecule has 4 aliphatic rings. The van der Waals surface area contributed by atoms with Crippen molar-refractivity contribution in [3.05, 3.63) is 0 Å². The normalized spacial score (nSPS) is 45.5. The lowest BCUT2D eigenvalue weighted by Crippen LogP contribution is -2.62. The van der Waals surface area contributed by atoms with E-state index < -0.39 is 21.2 Å². The van der Waals surface area contributed by atoms with E-state index in [-0.39, 0.29) is 35.4 Å². The Morgan fingerprint density at radius 2 is 1.61 bits per heavy atom. The van der Waals surface area contributed by atoms with E-state index in [4.69, 9.17) is 0 Å². The lowest BCUT2D eigenvalue weighted by molar-refractivity contribution is -0.203. The summed E-state index contributed by atoms with van der Waals surface area (Å²) in [7, 11) is -3.58. The highest BCUT2D eigenvalue weighted by molar-refractivity contribution is 7.90. The Morgan fingerprint density at radius 1 is 0.972 bits per heavy atom. The first kappa shape index (κ1) is 28.4. The zero-order valence-corrected chi connectivity index (χ0v) is 24.2. The predicted octanol–water partition coefficient (Wildman–Crippen LogP) is 4.88. The van der Waals surface area contributed by atoms with Gasteiger partial charge in [0.25, 0.3) is 0 Å². The maximum atomic E-state index is 12.4. The third kappa shape index (κ3) is 4.68. The third-order valence-corrected chi connectivity index (χ3v) is 13.6. The molecule has 0 aromatic heterocycles. The second-order valence-electron chi connectivity index (χ2n) is 13.8. The number of hydrogen-bond acceptors (Lipinski definition) is 5. The smallest absolute Gasteiger partial charge is 0.237 e. The Balaban J connectivity index is 1.49. The summed E-state index contributed by atoms with van der Waals surface area (Å²) in [6, 6.07) is 0. The first-order valence-electron chi connectivity index (χ1n) is 14.7. The van der Waals surface area contributed by atoms with Crippen LogP contribution in [0.2, 0.25) is 0 Å². The first-order valence-corrected chi connectivity index (χ1v) is 16.2. The van der Waals surface area contributed by atoms with Crippen molar-refractivity contribution >= 4 is 15.9 Å². The average Bonchev–Trinajstić information content (AvgIpc) is 3.15. The van der Waals surface area contributed by atoms with E-state index in [1.165, 1.54) is 0 Å². The largest absolute Gasteiger partial charge is 0.393 e. The second-order valence-corrected chi connectivity index (χ2v) is 16.0. The minimum Gasteiger partial charge on any atom is -0.393 e. The number of carbonyl (C=O) groups excluding carboxylic acids is 1. The molecule has 208 valence electrons. The Kier molecular flexibility index (Phi) is 7.99. The first-order chi connectivity index (χ1) is 16.8. The van der Waals surface area contributed by atoms with Gasteiger partial charge in [0.15, 0.2) is 0 Å². The molecule has 0 spiro atoms. The van der Waals surface area contributed by atoms with E-state index in [0.29, 0.717) is 41.9 Å². The van der Waals surface area contributed by atoms with Crippen molar-refractivity contribution in [3.63, 3.8) is 0 Å². The van der Waals surface area contributed by atoms with Gasteiger partial charge in [-0.2, -0.15) is 0 Å². The van der Waals surface area contributed by atoms with Gasteiger partial charge in [-0.05, 0) is 117 Å². The van der Waals surface area contributed by atoms with E-state index in [0.717, 1.165) is 51.4 Å². The standard InChI is InChI=1S/C29H51NO5S/c1-7-20-24-16-19(31)12-14-29(24,6)23-13-15-28(5)21(9-10-22(28)26(23)27(20)33)18(4)8-11-25(32)30-36(34,35)17(2)3/h17-24,26-27,31,33H,7-16H2,1-6H3,(H,30,32)/t18-,19-,20-,21-,22+,23+,24+,26+,27-,28-,29-/m1/s1. The topological polar surface area (TPSA) is 104 Å². The number of rotatable bonds is 7. The molecule has 4 aliphatic carbocycles. The van der Waals surface area contributed by atoms with Crippen LogP contribution in [0.5, 0.6) is 0 Å². The Labute approximate surface area is 219 Å². The molecule has 0 radical (unpaired) electrons. The van der Waals surface area contributed by atoms with E-state index in [2.05, 4.69) is 32.4 Å². The van der Waals surface area contributed by atoms with Gasteiger partial charge in [0, 0.05) is 6.42 Å². The van der Waals surface area contributed by atoms with Gasteiger partial charge in [0.2, 0.25) is 15.9 Å². The summed E-state index contributed by atoms with van der Waals surface area (Å²) >= 11 is 0. The van der Waals surface area contributed by atoms with Crippen molar-refractivity contribution in [2.45, 2.75) is 123 Å². The molecular weight excluding hydrogens is 474 g/mol. The van der Waals surface area contributed by atoms with Crippen LogP contribution < -0.4 is 4.72 Å². The van der Waals surface area contributed by atoms with Crippen molar-refractivity contribution in [1.82, 2.24) is 4.72 Å². The van der Waals surface area contributed by atoms with Gasteiger partial charge in [-0.1, -0.05) is 34.1 Å². The molecule has 4 fully saturated rings. The summed E-state index contributed by atoms with van der Waals surface area (Å²) < 4.78 is 26.4. The van der Waals surface area contributed by atoms with Crippen molar-refractivity contribution in [2.75, 3.05) is 0 Å². The molecule has 1 amide bonds. The van der Waals surface area contributed by atoms with Gasteiger partial charge in [-0.25, -0.2) is 8.42 Å². The molecule has 36 heavy (non-hydrogen) atoms. The molecule has 4 rings (SSSR count). The zero-order chi connectivity index (χ0) is 26.6. The number of fused-ring (bicyclic) bond motifs is 5. The molecule has 4 saturated carbocycles. The maximum Gasteiger partial charge on any atom is 0.237 e. The zero-order valence-electron chi connectivity index (χ0n) is 23.4. The number of amides is 1. The second kappa shape index (κ2) is 10.1. The van der Waals surface area contributed by atoms with Crippen molar-refractivity contribution in [1.29, 1.82) is 0 Å². The minimum atomic E-state index is -3.58. The van der Waals surface area contributed by atoms with E-state index >= 15 is 0 Å². The Morgan fingerprint density at radius 3 is 2.25 bits per heavy atom. The summed E-state index contributed by atoms with van der Waals surface area (Å²) in [5.41, 5.74) is 0.354. The molecule has 6 nitrogen and oxygen atoms in total. The van der Waals surface area contributed by atoms with Crippen LogP contribution in [-0.4, -0.2) is 42.0 Å². The molecule has 0 unspecified atom stereocenters. The Hall–Kier alpha value is -0.660. The van der Waals surface area contributed by atoms with Crippen molar-refractivity contribution in [3.8, 4) is 0 Å². The molecule has 0 saturated heterocycles. The number of carbonyl (C=O) groups is 1. The van der Waals surface area contributed by atoms with Gasteiger partial charge in [0.1, 0.15) is 0 Å². The summed E-state index contributed by atoms with van der Waals surface area (Å²) in [5.74, 6) is 2.43. The maximum absolute atomic E-state index is 12.4. The van der Waals surface area contributed by atoms with E-state index in [1.807, 2.05) is 0 Å². The van der Waals surface area contributed by atoms with Gasteiger partial charge >= 0.3 is 0 Å². The predicted molar refractivity (Wildman–Crippen MR) is 142 cm³/mol. The Bertz CT molecular complexity index is 921. The van der Waals surface area contributed by atoms with Crippen LogP contribution in [0.15, 0.2) is 0 Å². The highest BCUT2D eigenvalue weighted by atomic mass is 32.2. The van der Waals surface area contributed by atoms with Crippen LogP contribution >= 0.6 is 0 Å². The molecule has 0 aromatic carbocycles. The van der Waals surface area contributed by atoms with Gasteiger partial charge < -0.3 is 10.2 Å². The number of hydrogen-bond donors (Lipinski definition) is 3. The van der Waals surface area contributed by atoms with Gasteiger partial charge in [0.05, 0.1) is 17.5 Å².